The van der Waals surface area contributed by atoms with E-state index in [4.69, 9.17) is 9.47 Å². The molecule has 3 nitrogen and oxygen atoms in total. The molecule has 2 rings (SSSR count). The van der Waals surface area contributed by atoms with Gasteiger partial charge in [-0.3, -0.25) is 0 Å². The van der Waals surface area contributed by atoms with Gasteiger partial charge < -0.3 is 14.8 Å². The van der Waals surface area contributed by atoms with Crippen LogP contribution < -0.4 is 5.32 Å². The predicted molar refractivity (Wildman–Crippen MR) is 78.5 cm³/mol. The molecule has 1 atom stereocenters. The number of nitrogens with one attached hydrogen (secondary N) is 1. The molecular weight excluding hydrogens is 238 g/mol. The van der Waals surface area contributed by atoms with Gasteiger partial charge in [0.05, 0.1) is 12.7 Å². The van der Waals surface area contributed by atoms with E-state index in [-0.39, 0.29) is 0 Å². The summed E-state index contributed by atoms with van der Waals surface area (Å²) in [4.78, 5) is 0. The molecular formula is C16H31NO2. The van der Waals surface area contributed by atoms with Crippen molar-refractivity contribution in [3.8, 4) is 0 Å². The Hall–Kier alpha value is -0.120. The lowest BCUT2D eigenvalue weighted by Crippen LogP contribution is -2.22. The topological polar surface area (TPSA) is 30.5 Å². The number of hydrogen-bond donors (Lipinski definition) is 1. The Bertz CT molecular complexity index is 211. The van der Waals surface area contributed by atoms with Gasteiger partial charge in [0.2, 0.25) is 0 Å². The fraction of sp³-hybridized carbons (Fsp3) is 1.00. The number of ether oxygens (including phenoxy) is 2. The third kappa shape index (κ3) is 6.73. The van der Waals surface area contributed by atoms with Gasteiger partial charge in [-0.25, -0.2) is 0 Å². The van der Waals surface area contributed by atoms with Crippen LogP contribution >= 0.6 is 0 Å². The van der Waals surface area contributed by atoms with Gasteiger partial charge in [0.15, 0.2) is 0 Å². The van der Waals surface area contributed by atoms with Crippen LogP contribution in [0.3, 0.4) is 0 Å². The van der Waals surface area contributed by atoms with Gasteiger partial charge >= 0.3 is 0 Å². The smallest absolute Gasteiger partial charge is 0.0809 e. The highest BCUT2D eigenvalue weighted by Crippen LogP contribution is 2.25. The lowest BCUT2D eigenvalue weighted by Gasteiger charge is -2.21. The fourth-order valence-corrected chi connectivity index (χ4v) is 3.20. The van der Waals surface area contributed by atoms with Crippen molar-refractivity contribution < 1.29 is 9.47 Å². The summed E-state index contributed by atoms with van der Waals surface area (Å²) in [5.74, 6) is 0.997. The highest BCUT2D eigenvalue weighted by molar-refractivity contribution is 4.67. The highest BCUT2D eigenvalue weighted by Gasteiger charge is 2.15. The van der Waals surface area contributed by atoms with Crippen LogP contribution in [0, 0.1) is 5.92 Å². The first-order chi connectivity index (χ1) is 9.45. The van der Waals surface area contributed by atoms with Crippen molar-refractivity contribution in [1.82, 2.24) is 5.32 Å². The first-order valence-electron chi connectivity index (χ1n) is 8.35. The van der Waals surface area contributed by atoms with Gasteiger partial charge in [0.25, 0.3) is 0 Å². The SMILES string of the molecule is C1CCC(CCNCCCOCC2CCCO2)CC1. The lowest BCUT2D eigenvalue weighted by molar-refractivity contribution is 0.0166. The quantitative estimate of drug-likeness (QED) is 0.652. The zero-order valence-corrected chi connectivity index (χ0v) is 12.4. The summed E-state index contributed by atoms with van der Waals surface area (Å²) >= 11 is 0. The van der Waals surface area contributed by atoms with E-state index in [1.807, 2.05) is 0 Å². The Morgan fingerprint density at radius 3 is 2.68 bits per heavy atom. The number of rotatable bonds is 9. The van der Waals surface area contributed by atoms with Crippen molar-refractivity contribution in [2.45, 2.75) is 63.9 Å². The molecule has 0 bridgehead atoms. The summed E-state index contributed by atoms with van der Waals surface area (Å²) < 4.78 is 11.2. The van der Waals surface area contributed by atoms with Gasteiger partial charge in [-0.15, -0.1) is 0 Å². The van der Waals surface area contributed by atoms with E-state index in [2.05, 4.69) is 5.32 Å². The first-order valence-corrected chi connectivity index (χ1v) is 8.35. The molecule has 1 saturated heterocycles. The summed E-state index contributed by atoms with van der Waals surface area (Å²) in [5, 5.41) is 3.55. The van der Waals surface area contributed by atoms with E-state index < -0.39 is 0 Å². The van der Waals surface area contributed by atoms with Crippen LogP contribution in [0.4, 0.5) is 0 Å². The first kappa shape index (κ1) is 15.3. The maximum atomic E-state index is 5.65. The normalized spacial score (nSPS) is 24.9. The Kier molecular flexibility index (Phi) is 7.82. The van der Waals surface area contributed by atoms with Gasteiger partial charge in [0.1, 0.15) is 0 Å². The second-order valence-electron chi connectivity index (χ2n) is 6.11. The minimum Gasteiger partial charge on any atom is -0.379 e. The van der Waals surface area contributed by atoms with Gasteiger partial charge in [0, 0.05) is 13.2 Å². The lowest BCUT2D eigenvalue weighted by atomic mass is 9.87. The Labute approximate surface area is 118 Å². The Balaban J connectivity index is 1.32. The zero-order chi connectivity index (χ0) is 13.2. The molecule has 0 aromatic heterocycles. The van der Waals surface area contributed by atoms with Crippen LogP contribution in [-0.2, 0) is 9.47 Å². The van der Waals surface area contributed by atoms with Crippen molar-refractivity contribution in [3.63, 3.8) is 0 Å². The molecule has 1 aliphatic heterocycles. The molecule has 1 N–H and O–H groups in total. The molecule has 1 aliphatic carbocycles. The second kappa shape index (κ2) is 9.73. The maximum absolute atomic E-state index is 5.65. The van der Waals surface area contributed by atoms with E-state index >= 15 is 0 Å². The largest absolute Gasteiger partial charge is 0.379 e. The molecule has 2 aliphatic rings. The summed E-state index contributed by atoms with van der Waals surface area (Å²) in [5.41, 5.74) is 0. The van der Waals surface area contributed by atoms with Crippen LogP contribution in [0.25, 0.3) is 0 Å². The summed E-state index contributed by atoms with van der Waals surface area (Å²) in [6.07, 6.45) is 12.6. The van der Waals surface area contributed by atoms with Crippen LogP contribution in [-0.4, -0.2) is 39.0 Å². The third-order valence-electron chi connectivity index (χ3n) is 4.42. The minimum absolute atomic E-state index is 0.374. The molecule has 1 saturated carbocycles. The van der Waals surface area contributed by atoms with Crippen LogP contribution in [0.15, 0.2) is 0 Å². The molecule has 0 aromatic carbocycles. The summed E-state index contributed by atoms with van der Waals surface area (Å²) in [6, 6.07) is 0. The van der Waals surface area contributed by atoms with Crippen molar-refractivity contribution in [2.75, 3.05) is 32.9 Å². The van der Waals surface area contributed by atoms with E-state index in [9.17, 15) is 0 Å². The molecule has 1 unspecified atom stereocenters. The molecule has 3 heteroatoms. The van der Waals surface area contributed by atoms with E-state index in [1.165, 1.54) is 57.9 Å². The van der Waals surface area contributed by atoms with Crippen LogP contribution in [0.2, 0.25) is 0 Å². The van der Waals surface area contributed by atoms with Crippen LogP contribution in [0.1, 0.15) is 57.8 Å². The Morgan fingerprint density at radius 2 is 1.89 bits per heavy atom. The average molecular weight is 269 g/mol. The molecule has 0 aromatic rings. The molecule has 112 valence electrons. The molecule has 19 heavy (non-hydrogen) atoms. The maximum Gasteiger partial charge on any atom is 0.0809 e. The monoisotopic (exact) mass is 269 g/mol. The van der Waals surface area contributed by atoms with Gasteiger partial charge in [-0.05, 0) is 44.7 Å². The summed E-state index contributed by atoms with van der Waals surface area (Å²) in [7, 11) is 0. The van der Waals surface area contributed by atoms with Crippen molar-refractivity contribution in [1.29, 1.82) is 0 Å². The minimum atomic E-state index is 0.374. The van der Waals surface area contributed by atoms with Crippen LogP contribution in [0.5, 0.6) is 0 Å². The standard InChI is InChI=1S/C16H31NO2/c1-2-6-15(7-3-1)9-11-17-10-5-12-18-14-16-8-4-13-19-16/h15-17H,1-14H2. The van der Waals surface area contributed by atoms with Crippen molar-refractivity contribution >= 4 is 0 Å². The summed E-state index contributed by atoms with van der Waals surface area (Å²) in [6.45, 7) is 4.88. The molecule has 1 heterocycles. The highest BCUT2D eigenvalue weighted by atomic mass is 16.5. The zero-order valence-electron chi connectivity index (χ0n) is 12.4. The van der Waals surface area contributed by atoms with E-state index in [0.717, 1.165) is 38.7 Å². The van der Waals surface area contributed by atoms with E-state index in [1.54, 1.807) is 0 Å². The van der Waals surface area contributed by atoms with Crippen molar-refractivity contribution in [3.05, 3.63) is 0 Å². The van der Waals surface area contributed by atoms with Gasteiger partial charge in [-0.2, -0.15) is 0 Å². The molecule has 0 spiro atoms. The predicted octanol–water partition coefficient (Wildman–Crippen LogP) is 3.13. The van der Waals surface area contributed by atoms with Gasteiger partial charge in [-0.1, -0.05) is 32.1 Å². The second-order valence-corrected chi connectivity index (χ2v) is 6.11. The van der Waals surface area contributed by atoms with Crippen molar-refractivity contribution in [2.24, 2.45) is 5.92 Å². The molecule has 0 radical (unpaired) electrons. The Morgan fingerprint density at radius 1 is 1.00 bits per heavy atom. The molecule has 0 amide bonds. The third-order valence-corrected chi connectivity index (χ3v) is 4.42. The number of hydrogen-bond acceptors (Lipinski definition) is 3. The fourth-order valence-electron chi connectivity index (χ4n) is 3.20. The average Bonchev–Trinajstić information content (AvgIpc) is 2.96. The molecule has 2 fully saturated rings. The van der Waals surface area contributed by atoms with E-state index in [0.29, 0.717) is 6.10 Å².